The topological polar surface area (TPSA) is 61.8 Å². The summed E-state index contributed by atoms with van der Waals surface area (Å²) in [5.74, 6) is 1.67. The second-order valence-corrected chi connectivity index (χ2v) is 8.96. The van der Waals surface area contributed by atoms with Crippen LogP contribution in [0.1, 0.15) is 56.6 Å². The van der Waals surface area contributed by atoms with E-state index < -0.39 is 0 Å². The molecule has 0 amide bonds. The van der Waals surface area contributed by atoms with Crippen molar-refractivity contribution in [1.82, 2.24) is 0 Å². The largest absolute Gasteiger partial charge is 0.497 e. The quantitative estimate of drug-likeness (QED) is 0.564. The molecule has 4 rings (SSSR count). The molecule has 2 saturated carbocycles. The van der Waals surface area contributed by atoms with Crippen LogP contribution in [0.3, 0.4) is 0 Å². The Hall–Kier alpha value is -2.30. The Morgan fingerprint density at radius 1 is 1.21 bits per heavy atom. The van der Waals surface area contributed by atoms with Gasteiger partial charge >= 0.3 is 11.9 Å². The van der Waals surface area contributed by atoms with Crippen molar-refractivity contribution < 1.29 is 23.8 Å². The zero-order chi connectivity index (χ0) is 20.8. The van der Waals surface area contributed by atoms with Crippen molar-refractivity contribution >= 4 is 11.9 Å². The first-order valence-electron chi connectivity index (χ1n) is 10.5. The number of carbonyl (C=O) groups is 2. The Labute approximate surface area is 172 Å². The van der Waals surface area contributed by atoms with E-state index in [0.717, 1.165) is 43.4 Å². The summed E-state index contributed by atoms with van der Waals surface area (Å²) in [6.45, 7) is 3.69. The maximum Gasteiger partial charge on any atom is 0.330 e. The number of esters is 2. The fraction of sp³-hybridized carbons (Fsp3) is 0.583. The highest BCUT2D eigenvalue weighted by atomic mass is 16.5. The summed E-state index contributed by atoms with van der Waals surface area (Å²) in [7, 11) is 3.09. The van der Waals surface area contributed by atoms with Gasteiger partial charge in [-0.3, -0.25) is 4.79 Å². The van der Waals surface area contributed by atoms with Crippen molar-refractivity contribution in [2.24, 2.45) is 17.3 Å². The van der Waals surface area contributed by atoms with Crippen LogP contribution in [-0.2, 0) is 25.5 Å². The summed E-state index contributed by atoms with van der Waals surface area (Å²) in [5.41, 5.74) is 3.60. The van der Waals surface area contributed by atoms with Gasteiger partial charge in [-0.05, 0) is 78.7 Å². The Morgan fingerprint density at radius 3 is 2.69 bits per heavy atom. The molecule has 29 heavy (non-hydrogen) atoms. The van der Waals surface area contributed by atoms with Crippen LogP contribution in [0.25, 0.3) is 0 Å². The predicted molar refractivity (Wildman–Crippen MR) is 109 cm³/mol. The second kappa shape index (κ2) is 7.51. The number of methoxy groups -OCH3 is 2. The van der Waals surface area contributed by atoms with E-state index in [9.17, 15) is 9.59 Å². The molecular formula is C24H30O5. The lowest BCUT2D eigenvalue weighted by Gasteiger charge is -2.50. The molecule has 1 aromatic rings. The van der Waals surface area contributed by atoms with E-state index >= 15 is 0 Å². The molecule has 0 radical (unpaired) electrons. The third kappa shape index (κ3) is 3.34. The number of fused-ring (bicyclic) bond motifs is 5. The molecule has 3 aliphatic rings. The summed E-state index contributed by atoms with van der Waals surface area (Å²) in [5, 5.41) is 0. The van der Waals surface area contributed by atoms with Crippen molar-refractivity contribution in [2.45, 2.75) is 58.0 Å². The van der Waals surface area contributed by atoms with Gasteiger partial charge in [0.05, 0.1) is 14.2 Å². The maximum absolute atomic E-state index is 12.0. The summed E-state index contributed by atoms with van der Waals surface area (Å²) < 4.78 is 16.1. The van der Waals surface area contributed by atoms with E-state index in [-0.39, 0.29) is 23.5 Å². The van der Waals surface area contributed by atoms with Crippen LogP contribution in [0.15, 0.2) is 29.8 Å². The fourth-order valence-electron chi connectivity index (χ4n) is 6.25. The van der Waals surface area contributed by atoms with Crippen LogP contribution in [-0.4, -0.2) is 32.3 Å². The number of rotatable bonds is 3. The van der Waals surface area contributed by atoms with Gasteiger partial charge in [-0.1, -0.05) is 13.0 Å². The average Bonchev–Trinajstić information content (AvgIpc) is 2.98. The van der Waals surface area contributed by atoms with Crippen molar-refractivity contribution in [3.8, 4) is 5.75 Å². The molecular weight excluding hydrogens is 368 g/mol. The lowest BCUT2D eigenvalue weighted by molar-refractivity contribution is -0.152. The molecule has 0 bridgehead atoms. The van der Waals surface area contributed by atoms with Crippen molar-refractivity contribution in [3.63, 3.8) is 0 Å². The molecule has 5 atom stereocenters. The third-order valence-electron chi connectivity index (χ3n) is 7.55. The van der Waals surface area contributed by atoms with E-state index in [4.69, 9.17) is 14.2 Å². The van der Waals surface area contributed by atoms with E-state index in [0.29, 0.717) is 17.8 Å². The van der Waals surface area contributed by atoms with Crippen molar-refractivity contribution in [2.75, 3.05) is 14.2 Å². The van der Waals surface area contributed by atoms with Gasteiger partial charge in [0.15, 0.2) is 0 Å². The zero-order valence-corrected chi connectivity index (χ0v) is 17.7. The van der Waals surface area contributed by atoms with Crippen molar-refractivity contribution in [3.05, 3.63) is 41.0 Å². The van der Waals surface area contributed by atoms with Crippen LogP contribution in [0.2, 0.25) is 0 Å². The number of ether oxygens (including phenoxy) is 3. The van der Waals surface area contributed by atoms with Gasteiger partial charge in [0.25, 0.3) is 0 Å². The van der Waals surface area contributed by atoms with Gasteiger partial charge < -0.3 is 14.2 Å². The molecule has 3 aliphatic carbocycles. The van der Waals surface area contributed by atoms with Gasteiger partial charge in [0.1, 0.15) is 11.9 Å². The monoisotopic (exact) mass is 398 g/mol. The Morgan fingerprint density at radius 2 is 2.00 bits per heavy atom. The predicted octanol–water partition coefficient (Wildman–Crippen LogP) is 4.19. The number of benzene rings is 1. The number of hydrogen-bond donors (Lipinski definition) is 0. The average molecular weight is 398 g/mol. The van der Waals surface area contributed by atoms with Crippen LogP contribution in [0, 0.1) is 17.3 Å². The molecule has 5 heteroatoms. The van der Waals surface area contributed by atoms with Gasteiger partial charge in [-0.2, -0.15) is 0 Å². The van der Waals surface area contributed by atoms with E-state index in [1.54, 1.807) is 13.2 Å². The van der Waals surface area contributed by atoms with Gasteiger partial charge in [-0.25, -0.2) is 4.79 Å². The molecule has 5 nitrogen and oxygen atoms in total. The highest BCUT2D eigenvalue weighted by Gasteiger charge is 2.58. The Bertz CT molecular complexity index is 857. The minimum Gasteiger partial charge on any atom is -0.497 e. The first-order valence-corrected chi connectivity index (χ1v) is 10.5. The Balaban J connectivity index is 1.69. The minimum absolute atomic E-state index is 0.142. The van der Waals surface area contributed by atoms with Crippen molar-refractivity contribution in [1.29, 1.82) is 0 Å². The molecule has 0 spiro atoms. The lowest BCUT2D eigenvalue weighted by atomic mass is 9.55. The van der Waals surface area contributed by atoms with Crippen LogP contribution >= 0.6 is 0 Å². The SMILES string of the molecule is COC(=O)/C=C1\CC2C3CCc4cc(OC)ccc4C3CCC2(C)C1OC(C)=O. The van der Waals surface area contributed by atoms with E-state index in [1.807, 2.05) is 0 Å². The molecule has 1 aromatic carbocycles. The molecule has 0 aromatic heterocycles. The molecule has 0 saturated heterocycles. The normalized spacial score (nSPS) is 34.0. The number of aryl methyl sites for hydroxylation is 1. The molecule has 2 fully saturated rings. The van der Waals surface area contributed by atoms with E-state index in [2.05, 4.69) is 25.1 Å². The molecule has 0 N–H and O–H groups in total. The van der Waals surface area contributed by atoms with Gasteiger partial charge in [0, 0.05) is 18.4 Å². The minimum atomic E-state index is -0.378. The summed E-state index contributed by atoms with van der Waals surface area (Å²) >= 11 is 0. The highest BCUT2D eigenvalue weighted by molar-refractivity contribution is 5.83. The smallest absolute Gasteiger partial charge is 0.330 e. The summed E-state index contributed by atoms with van der Waals surface area (Å²) in [6.07, 6.45) is 6.19. The lowest BCUT2D eigenvalue weighted by Crippen LogP contribution is -2.45. The molecule has 0 heterocycles. The molecule has 156 valence electrons. The Kier molecular flexibility index (Phi) is 5.18. The fourth-order valence-corrected chi connectivity index (χ4v) is 6.25. The second-order valence-electron chi connectivity index (χ2n) is 8.96. The first kappa shape index (κ1) is 20.0. The van der Waals surface area contributed by atoms with Crippen LogP contribution in [0.4, 0.5) is 0 Å². The van der Waals surface area contributed by atoms with E-state index in [1.165, 1.54) is 25.2 Å². The van der Waals surface area contributed by atoms with Crippen LogP contribution < -0.4 is 4.74 Å². The molecule has 5 unspecified atom stereocenters. The third-order valence-corrected chi connectivity index (χ3v) is 7.55. The highest BCUT2D eigenvalue weighted by Crippen LogP contribution is 2.63. The first-order chi connectivity index (χ1) is 13.9. The standard InChI is InChI=1S/C24H30O5/c1-14(25)29-23-16(13-22(26)28-4)12-21-20-7-5-15-11-17(27-3)6-8-18(15)19(20)9-10-24(21,23)2/h6,8,11,13,19-21,23H,5,7,9-10,12H2,1-4H3/b16-13+. The maximum atomic E-state index is 12.0. The number of carbonyl (C=O) groups excluding carboxylic acids is 2. The summed E-state index contributed by atoms with van der Waals surface area (Å²) in [4.78, 5) is 23.8. The van der Waals surface area contributed by atoms with Gasteiger partial charge in [-0.15, -0.1) is 0 Å². The van der Waals surface area contributed by atoms with Gasteiger partial charge in [0.2, 0.25) is 0 Å². The zero-order valence-electron chi connectivity index (χ0n) is 17.7. The number of hydrogen-bond acceptors (Lipinski definition) is 5. The molecule has 0 aliphatic heterocycles. The van der Waals surface area contributed by atoms with Crippen LogP contribution in [0.5, 0.6) is 5.75 Å². The summed E-state index contributed by atoms with van der Waals surface area (Å²) in [6, 6.07) is 6.48.